The zero-order valence-corrected chi connectivity index (χ0v) is 13.5. The third kappa shape index (κ3) is 4.54. The number of nitrogens with zero attached hydrogens (tertiary/aromatic N) is 2. The predicted molar refractivity (Wildman–Crippen MR) is 85.6 cm³/mol. The van der Waals surface area contributed by atoms with Crippen molar-refractivity contribution in [3.63, 3.8) is 0 Å². The van der Waals surface area contributed by atoms with Crippen molar-refractivity contribution < 1.29 is 0 Å². The molecule has 20 heavy (non-hydrogen) atoms. The summed E-state index contributed by atoms with van der Waals surface area (Å²) in [5.74, 6) is 0. The Morgan fingerprint density at radius 2 is 2.25 bits per heavy atom. The fourth-order valence-electron chi connectivity index (χ4n) is 2.15. The van der Waals surface area contributed by atoms with Crippen LogP contribution in [0.2, 0.25) is 5.02 Å². The Bertz CT molecular complexity index is 541. The number of rotatable bonds is 7. The summed E-state index contributed by atoms with van der Waals surface area (Å²) in [6, 6.07) is 2.35. The summed E-state index contributed by atoms with van der Waals surface area (Å²) in [5, 5.41) is 7.59. The van der Waals surface area contributed by atoms with Gasteiger partial charge < -0.3 is 5.32 Å². The van der Waals surface area contributed by atoms with Gasteiger partial charge in [-0.25, -0.2) is 4.98 Å². The molecule has 0 aliphatic rings. The summed E-state index contributed by atoms with van der Waals surface area (Å²) in [5.41, 5.74) is 2.30. The number of aryl methyl sites for hydroxylation is 1. The minimum Gasteiger partial charge on any atom is -0.313 e. The van der Waals surface area contributed by atoms with Crippen LogP contribution in [0.4, 0.5) is 0 Å². The maximum Gasteiger partial charge on any atom is 0.0897 e. The molecule has 1 unspecified atom stereocenters. The van der Waals surface area contributed by atoms with Crippen LogP contribution in [-0.4, -0.2) is 22.6 Å². The van der Waals surface area contributed by atoms with Gasteiger partial charge in [0.15, 0.2) is 0 Å². The second-order valence-electron chi connectivity index (χ2n) is 4.88. The lowest BCUT2D eigenvalue weighted by Gasteiger charge is -2.18. The van der Waals surface area contributed by atoms with Crippen LogP contribution in [0.15, 0.2) is 23.8 Å². The molecule has 2 heterocycles. The largest absolute Gasteiger partial charge is 0.313 e. The highest BCUT2D eigenvalue weighted by molar-refractivity contribution is 7.09. The van der Waals surface area contributed by atoms with Gasteiger partial charge in [0.05, 0.1) is 15.7 Å². The molecule has 0 aliphatic carbocycles. The van der Waals surface area contributed by atoms with E-state index in [1.807, 2.05) is 13.0 Å². The van der Waals surface area contributed by atoms with Gasteiger partial charge in [0.2, 0.25) is 0 Å². The molecular formula is C15H20ClN3S. The molecule has 2 aromatic rings. The van der Waals surface area contributed by atoms with Crippen molar-refractivity contribution in [1.82, 2.24) is 15.3 Å². The molecule has 0 aromatic carbocycles. The Morgan fingerprint density at radius 3 is 2.90 bits per heavy atom. The lowest BCUT2D eigenvalue weighted by Crippen LogP contribution is -2.34. The highest BCUT2D eigenvalue weighted by Gasteiger charge is 2.13. The monoisotopic (exact) mass is 309 g/mol. The molecule has 1 atom stereocenters. The number of thiazole rings is 1. The highest BCUT2D eigenvalue weighted by atomic mass is 35.5. The lowest BCUT2D eigenvalue weighted by molar-refractivity contribution is 0.501. The van der Waals surface area contributed by atoms with Crippen LogP contribution < -0.4 is 5.32 Å². The predicted octanol–water partition coefficient (Wildman–Crippen LogP) is 3.65. The van der Waals surface area contributed by atoms with Gasteiger partial charge in [-0.05, 0) is 37.9 Å². The van der Waals surface area contributed by atoms with Crippen molar-refractivity contribution in [3.8, 4) is 0 Å². The zero-order chi connectivity index (χ0) is 14.4. The van der Waals surface area contributed by atoms with E-state index in [2.05, 4.69) is 27.6 Å². The number of halogens is 1. The van der Waals surface area contributed by atoms with Gasteiger partial charge in [0.25, 0.3) is 0 Å². The molecule has 2 rings (SSSR count). The van der Waals surface area contributed by atoms with Gasteiger partial charge in [0, 0.05) is 30.2 Å². The van der Waals surface area contributed by atoms with E-state index in [1.165, 1.54) is 0 Å². The molecule has 0 fully saturated rings. The molecule has 0 radical (unpaired) electrons. The van der Waals surface area contributed by atoms with E-state index in [-0.39, 0.29) is 0 Å². The second kappa shape index (κ2) is 7.72. The first-order chi connectivity index (χ1) is 9.69. The fraction of sp³-hybridized carbons (Fsp3) is 0.467. The Hall–Kier alpha value is -0.970. The number of nitrogens with one attached hydrogen (secondary N) is 1. The van der Waals surface area contributed by atoms with Gasteiger partial charge >= 0.3 is 0 Å². The quantitative estimate of drug-likeness (QED) is 0.848. The lowest BCUT2D eigenvalue weighted by atomic mass is 10.0. The first-order valence-electron chi connectivity index (χ1n) is 6.91. The molecule has 3 nitrogen and oxygen atoms in total. The van der Waals surface area contributed by atoms with Crippen LogP contribution in [0.25, 0.3) is 0 Å². The second-order valence-corrected chi connectivity index (χ2v) is 6.35. The minimum atomic E-state index is 0.358. The molecular weight excluding hydrogens is 290 g/mol. The summed E-state index contributed by atoms with van der Waals surface area (Å²) in [7, 11) is 0. The van der Waals surface area contributed by atoms with E-state index < -0.39 is 0 Å². The normalized spacial score (nSPS) is 12.6. The molecule has 0 saturated carbocycles. The Balaban J connectivity index is 2.05. The molecule has 0 saturated heterocycles. The van der Waals surface area contributed by atoms with Gasteiger partial charge in [-0.3, -0.25) is 4.98 Å². The van der Waals surface area contributed by atoms with Gasteiger partial charge in [0.1, 0.15) is 0 Å². The molecule has 5 heteroatoms. The van der Waals surface area contributed by atoms with E-state index >= 15 is 0 Å². The maximum atomic E-state index is 6.21. The molecule has 0 aliphatic heterocycles. The third-order valence-corrected chi connectivity index (χ3v) is 4.29. The van der Waals surface area contributed by atoms with E-state index in [1.54, 1.807) is 23.7 Å². The average Bonchev–Trinajstić information content (AvgIpc) is 2.84. The highest BCUT2D eigenvalue weighted by Crippen LogP contribution is 2.18. The van der Waals surface area contributed by atoms with Crippen LogP contribution in [0.1, 0.15) is 29.6 Å². The molecule has 0 spiro atoms. The standard InChI is InChI=1S/C15H20ClN3S/c1-3-5-18-13(8-14-10-20-11(2)19-14)7-12-4-6-17-9-15(12)16/h4,6,9-10,13,18H,3,5,7-8H2,1-2H3. The van der Waals surface area contributed by atoms with Crippen LogP contribution in [-0.2, 0) is 12.8 Å². The third-order valence-electron chi connectivity index (χ3n) is 3.13. The van der Waals surface area contributed by atoms with Crippen molar-refractivity contribution in [2.24, 2.45) is 0 Å². The van der Waals surface area contributed by atoms with Crippen LogP contribution >= 0.6 is 22.9 Å². The van der Waals surface area contributed by atoms with Gasteiger partial charge in [-0.2, -0.15) is 0 Å². The SMILES string of the molecule is CCCNC(Cc1csc(C)n1)Cc1ccncc1Cl. The molecule has 0 bridgehead atoms. The van der Waals surface area contributed by atoms with E-state index in [9.17, 15) is 0 Å². The Morgan fingerprint density at radius 1 is 1.40 bits per heavy atom. The van der Waals surface area contributed by atoms with Gasteiger partial charge in [-0.1, -0.05) is 18.5 Å². The van der Waals surface area contributed by atoms with Crippen molar-refractivity contribution in [2.75, 3.05) is 6.54 Å². The first-order valence-corrected chi connectivity index (χ1v) is 8.17. The summed E-state index contributed by atoms with van der Waals surface area (Å²) < 4.78 is 0. The number of hydrogen-bond donors (Lipinski definition) is 1. The zero-order valence-electron chi connectivity index (χ0n) is 11.9. The smallest absolute Gasteiger partial charge is 0.0897 e. The Kier molecular flexibility index (Phi) is 5.95. The van der Waals surface area contributed by atoms with Gasteiger partial charge in [-0.15, -0.1) is 11.3 Å². The van der Waals surface area contributed by atoms with Crippen LogP contribution in [0.3, 0.4) is 0 Å². The van der Waals surface area contributed by atoms with Crippen molar-refractivity contribution in [3.05, 3.63) is 45.1 Å². The first kappa shape index (κ1) is 15.4. The summed E-state index contributed by atoms with van der Waals surface area (Å²) in [6.45, 7) is 5.23. The topological polar surface area (TPSA) is 37.8 Å². The maximum absolute atomic E-state index is 6.21. The molecule has 2 aromatic heterocycles. The Labute approximate surface area is 129 Å². The summed E-state index contributed by atoms with van der Waals surface area (Å²) >= 11 is 7.91. The van der Waals surface area contributed by atoms with Crippen molar-refractivity contribution >= 4 is 22.9 Å². The number of hydrogen-bond acceptors (Lipinski definition) is 4. The van der Waals surface area contributed by atoms with E-state index in [4.69, 9.17) is 11.6 Å². The van der Waals surface area contributed by atoms with Crippen LogP contribution in [0, 0.1) is 6.92 Å². The molecule has 1 N–H and O–H groups in total. The van der Waals surface area contributed by atoms with Crippen molar-refractivity contribution in [2.45, 2.75) is 39.2 Å². The average molecular weight is 310 g/mol. The van der Waals surface area contributed by atoms with Crippen LogP contribution in [0.5, 0.6) is 0 Å². The summed E-state index contributed by atoms with van der Waals surface area (Å²) in [6.07, 6.45) is 6.46. The van der Waals surface area contributed by atoms with E-state index in [0.717, 1.165) is 47.1 Å². The number of pyridine rings is 1. The minimum absolute atomic E-state index is 0.358. The van der Waals surface area contributed by atoms with E-state index in [0.29, 0.717) is 6.04 Å². The van der Waals surface area contributed by atoms with Crippen molar-refractivity contribution in [1.29, 1.82) is 0 Å². The molecule has 108 valence electrons. The fourth-order valence-corrected chi connectivity index (χ4v) is 2.98. The number of aromatic nitrogens is 2. The summed E-state index contributed by atoms with van der Waals surface area (Å²) in [4.78, 5) is 8.59. The molecule has 0 amide bonds.